The van der Waals surface area contributed by atoms with Crippen LogP contribution in [0.2, 0.25) is 0 Å². The van der Waals surface area contributed by atoms with Gasteiger partial charge in [-0.25, -0.2) is 9.97 Å². The highest BCUT2D eigenvalue weighted by molar-refractivity contribution is 5.43. The van der Waals surface area contributed by atoms with E-state index < -0.39 is 6.10 Å². The highest BCUT2D eigenvalue weighted by Gasteiger charge is 2.09. The molecule has 0 radical (unpaired) electrons. The van der Waals surface area contributed by atoms with Crippen molar-refractivity contribution in [1.82, 2.24) is 14.9 Å². The molecule has 18 heavy (non-hydrogen) atoms. The summed E-state index contributed by atoms with van der Waals surface area (Å²) >= 11 is 0. The van der Waals surface area contributed by atoms with E-state index >= 15 is 0 Å². The van der Waals surface area contributed by atoms with Crippen molar-refractivity contribution in [2.24, 2.45) is 0 Å². The maximum atomic E-state index is 9.82. The van der Waals surface area contributed by atoms with Crippen molar-refractivity contribution < 1.29 is 5.11 Å². The van der Waals surface area contributed by atoms with Gasteiger partial charge in [-0.05, 0) is 27.4 Å². The monoisotopic (exact) mass is 252 g/mol. The molecule has 0 amide bonds. The summed E-state index contributed by atoms with van der Waals surface area (Å²) in [6, 6.07) is 0. The van der Waals surface area contributed by atoms with Gasteiger partial charge in [0.1, 0.15) is 11.6 Å². The van der Waals surface area contributed by atoms with Gasteiger partial charge < -0.3 is 15.3 Å². The van der Waals surface area contributed by atoms with Crippen LogP contribution in [0.1, 0.15) is 24.7 Å². The molecule has 0 aliphatic rings. The molecular weight excluding hydrogens is 228 g/mol. The van der Waals surface area contributed by atoms with Gasteiger partial charge in [0.15, 0.2) is 0 Å². The van der Waals surface area contributed by atoms with Crippen LogP contribution in [0.4, 0.5) is 5.82 Å². The predicted octanol–water partition coefficient (Wildman–Crippen LogP) is 1.07. The maximum absolute atomic E-state index is 9.82. The average Bonchev–Trinajstić information content (AvgIpc) is 2.29. The molecule has 1 atom stereocenters. The molecule has 0 aliphatic carbocycles. The van der Waals surface area contributed by atoms with Gasteiger partial charge in [0, 0.05) is 24.8 Å². The number of aromatic nitrogens is 2. The number of aliphatic hydroxyl groups excluding tert-OH is 1. The lowest BCUT2D eigenvalue weighted by Gasteiger charge is -2.18. The summed E-state index contributed by atoms with van der Waals surface area (Å²) in [6.07, 6.45) is 3.48. The summed E-state index contributed by atoms with van der Waals surface area (Å²) in [4.78, 5) is 10.6. The normalized spacial score (nSPS) is 12.8. The molecule has 1 aromatic heterocycles. The van der Waals surface area contributed by atoms with Crippen molar-refractivity contribution in [2.45, 2.75) is 32.8 Å². The molecule has 0 saturated carbocycles. The molecular formula is C13H24N4O. The molecule has 5 nitrogen and oxygen atoms in total. The fraction of sp³-hybridized carbons (Fsp3) is 0.692. The number of anilines is 1. The summed E-state index contributed by atoms with van der Waals surface area (Å²) in [7, 11) is 3.89. The van der Waals surface area contributed by atoms with Crippen LogP contribution >= 0.6 is 0 Å². The van der Waals surface area contributed by atoms with Crippen molar-refractivity contribution in [2.75, 3.05) is 32.5 Å². The van der Waals surface area contributed by atoms with Crippen molar-refractivity contribution in [3.63, 3.8) is 0 Å². The van der Waals surface area contributed by atoms with E-state index in [0.717, 1.165) is 30.0 Å². The molecule has 1 unspecified atom stereocenters. The fourth-order valence-corrected chi connectivity index (χ4v) is 1.80. The predicted molar refractivity (Wildman–Crippen MR) is 73.8 cm³/mol. The first-order valence-corrected chi connectivity index (χ1v) is 6.42. The van der Waals surface area contributed by atoms with Gasteiger partial charge in [0.2, 0.25) is 0 Å². The first kappa shape index (κ1) is 14.9. The lowest BCUT2D eigenvalue weighted by atomic mass is 10.2. The minimum atomic E-state index is -0.398. The summed E-state index contributed by atoms with van der Waals surface area (Å²) in [5.74, 6) is 1.60. The smallest absolute Gasteiger partial charge is 0.132 e. The van der Waals surface area contributed by atoms with Crippen molar-refractivity contribution in [1.29, 1.82) is 0 Å². The van der Waals surface area contributed by atoms with E-state index in [1.165, 1.54) is 0 Å². The largest absolute Gasteiger partial charge is 0.390 e. The van der Waals surface area contributed by atoms with Gasteiger partial charge in [-0.2, -0.15) is 0 Å². The molecule has 102 valence electrons. The van der Waals surface area contributed by atoms with Gasteiger partial charge in [-0.3, -0.25) is 0 Å². The highest BCUT2D eigenvalue weighted by Crippen LogP contribution is 2.13. The Kier molecular flexibility index (Phi) is 6.01. The topological polar surface area (TPSA) is 61.3 Å². The Morgan fingerprint density at radius 2 is 2.17 bits per heavy atom. The first-order valence-electron chi connectivity index (χ1n) is 6.42. The maximum Gasteiger partial charge on any atom is 0.132 e. The van der Waals surface area contributed by atoms with Gasteiger partial charge in [0.25, 0.3) is 0 Å². The van der Waals surface area contributed by atoms with E-state index in [4.69, 9.17) is 0 Å². The molecule has 0 bridgehead atoms. The molecule has 0 aromatic carbocycles. The van der Waals surface area contributed by atoms with E-state index in [2.05, 4.69) is 22.2 Å². The number of hydrogen-bond acceptors (Lipinski definition) is 5. The zero-order chi connectivity index (χ0) is 13.5. The zero-order valence-corrected chi connectivity index (χ0v) is 11.8. The Bertz CT molecular complexity index is 368. The number of rotatable bonds is 7. The molecule has 0 saturated heterocycles. The first-order chi connectivity index (χ1) is 8.52. The number of nitrogens with zero attached hydrogens (tertiary/aromatic N) is 3. The molecule has 2 N–H and O–H groups in total. The zero-order valence-electron chi connectivity index (χ0n) is 11.8. The second kappa shape index (κ2) is 7.28. The van der Waals surface area contributed by atoms with Crippen LogP contribution in [0.5, 0.6) is 0 Å². The van der Waals surface area contributed by atoms with Gasteiger partial charge >= 0.3 is 0 Å². The second-order valence-corrected chi connectivity index (χ2v) is 4.84. The van der Waals surface area contributed by atoms with Gasteiger partial charge in [-0.15, -0.1) is 0 Å². The number of hydrogen-bond donors (Lipinski definition) is 2. The van der Waals surface area contributed by atoms with E-state index in [1.54, 1.807) is 0 Å². The van der Waals surface area contributed by atoms with Crippen LogP contribution < -0.4 is 5.32 Å². The lowest BCUT2D eigenvalue weighted by Crippen LogP contribution is -2.31. The third-order valence-electron chi connectivity index (χ3n) is 2.59. The van der Waals surface area contributed by atoms with Crippen LogP contribution in [0.25, 0.3) is 0 Å². The van der Waals surface area contributed by atoms with Crippen molar-refractivity contribution in [3.05, 3.63) is 17.6 Å². The minimum absolute atomic E-state index is 0.398. The number of aryl methyl sites for hydroxylation is 2. The molecule has 5 heteroatoms. The lowest BCUT2D eigenvalue weighted by molar-refractivity contribution is 0.148. The summed E-state index contributed by atoms with van der Waals surface area (Å²) in [5, 5.41) is 13.0. The fourth-order valence-electron chi connectivity index (χ4n) is 1.80. The van der Waals surface area contributed by atoms with E-state index in [1.807, 2.05) is 32.1 Å². The second-order valence-electron chi connectivity index (χ2n) is 4.84. The Balaban J connectivity index is 2.62. The minimum Gasteiger partial charge on any atom is -0.390 e. The molecule has 1 aromatic rings. The molecule has 1 heterocycles. The van der Waals surface area contributed by atoms with E-state index in [-0.39, 0.29) is 0 Å². The molecule has 0 aliphatic heterocycles. The van der Waals surface area contributed by atoms with Crippen LogP contribution in [0, 0.1) is 6.92 Å². The quantitative estimate of drug-likeness (QED) is 0.760. The Morgan fingerprint density at radius 3 is 2.78 bits per heavy atom. The van der Waals surface area contributed by atoms with Crippen molar-refractivity contribution in [3.8, 4) is 0 Å². The van der Waals surface area contributed by atoms with Gasteiger partial charge in [0.05, 0.1) is 6.10 Å². The molecule has 0 fully saturated rings. The van der Waals surface area contributed by atoms with Crippen LogP contribution in [0.15, 0.2) is 6.20 Å². The third-order valence-corrected chi connectivity index (χ3v) is 2.59. The summed E-state index contributed by atoms with van der Waals surface area (Å²) in [5.41, 5.74) is 1.11. The number of aliphatic hydroxyl groups is 1. The van der Waals surface area contributed by atoms with Crippen LogP contribution in [0.3, 0.4) is 0 Å². The van der Waals surface area contributed by atoms with Crippen LogP contribution in [-0.2, 0) is 6.42 Å². The standard InChI is InChI=1S/C13H24N4O/c1-5-6-11-7-14-10(2)16-13(11)15-8-12(18)9-17(3)4/h7,12,18H,5-6,8-9H2,1-4H3,(H,14,15,16). The average molecular weight is 252 g/mol. The van der Waals surface area contributed by atoms with E-state index in [9.17, 15) is 5.11 Å². The van der Waals surface area contributed by atoms with Gasteiger partial charge in [-0.1, -0.05) is 13.3 Å². The van der Waals surface area contributed by atoms with Crippen molar-refractivity contribution >= 4 is 5.82 Å². The Hall–Kier alpha value is -1.20. The van der Waals surface area contributed by atoms with Crippen LogP contribution in [-0.4, -0.2) is 53.3 Å². The third kappa shape index (κ3) is 4.98. The Morgan fingerprint density at radius 1 is 1.44 bits per heavy atom. The molecule has 1 rings (SSSR count). The van der Waals surface area contributed by atoms with E-state index in [0.29, 0.717) is 13.1 Å². The SMILES string of the molecule is CCCc1cnc(C)nc1NCC(O)CN(C)C. The highest BCUT2D eigenvalue weighted by atomic mass is 16.3. The molecule has 0 spiro atoms. The number of nitrogens with one attached hydrogen (secondary N) is 1. The summed E-state index contributed by atoms with van der Waals surface area (Å²) in [6.45, 7) is 5.15. The number of likely N-dealkylation sites (N-methyl/N-ethyl adjacent to an activating group) is 1. The Labute approximate surface area is 109 Å². The summed E-state index contributed by atoms with van der Waals surface area (Å²) < 4.78 is 0.